The molecule has 0 nitrogen and oxygen atoms in total. The molecule has 0 spiro atoms. The highest BCUT2D eigenvalue weighted by Gasteiger charge is 2.30. The molecule has 0 aromatic heterocycles. The minimum Gasteiger partial charge on any atom is -0.100 e. The van der Waals surface area contributed by atoms with Gasteiger partial charge >= 0.3 is 0 Å². The fourth-order valence-electron chi connectivity index (χ4n) is 4.44. The van der Waals surface area contributed by atoms with Crippen molar-refractivity contribution in [2.24, 2.45) is 0 Å². The smallest absolute Gasteiger partial charge is 0.0160 e. The Morgan fingerprint density at radius 3 is 1.95 bits per heavy atom. The Labute approximate surface area is 126 Å². The summed E-state index contributed by atoms with van der Waals surface area (Å²) in [6.45, 7) is 0. The van der Waals surface area contributed by atoms with E-state index in [1.165, 1.54) is 51.4 Å². The molecule has 1 heteroatoms. The fraction of sp³-hybridized carbons (Fsp3) is 0.789. The van der Waals surface area contributed by atoms with Crippen LogP contribution in [0.15, 0.2) is 23.8 Å². The van der Waals surface area contributed by atoms with Crippen molar-refractivity contribution in [2.45, 2.75) is 88.4 Å². The van der Waals surface area contributed by atoms with Crippen LogP contribution in [0.2, 0.25) is 0 Å². The number of rotatable bonds is 5. The van der Waals surface area contributed by atoms with Crippen molar-refractivity contribution >= 4 is 7.92 Å². The predicted molar refractivity (Wildman–Crippen MR) is 92.0 cm³/mol. The second-order valence-electron chi connectivity index (χ2n) is 6.99. The predicted octanol–water partition coefficient (Wildman–Crippen LogP) is 6.41. The molecule has 0 saturated heterocycles. The number of hydrogen-bond donors (Lipinski definition) is 0. The molecule has 3 aliphatic rings. The van der Waals surface area contributed by atoms with Crippen LogP contribution in [0.4, 0.5) is 0 Å². The van der Waals surface area contributed by atoms with Gasteiger partial charge in [-0.25, -0.2) is 0 Å². The molecule has 0 N–H and O–H groups in total. The maximum absolute atomic E-state index is 2.45. The molecule has 3 aliphatic carbocycles. The standard InChI is InChI=1S/C19H31P/c1-3-11-18(12-4-1)20(19-13-5-2-6-14-19)16-15-17-9-7-8-10-17/h7,9-10,18-19H,1-6,8,11-16H2. The van der Waals surface area contributed by atoms with Gasteiger partial charge in [0.25, 0.3) is 0 Å². The number of hydrogen-bond acceptors (Lipinski definition) is 0. The van der Waals surface area contributed by atoms with Crippen molar-refractivity contribution in [2.75, 3.05) is 6.16 Å². The molecule has 2 saturated carbocycles. The maximum Gasteiger partial charge on any atom is -0.0160 e. The second kappa shape index (κ2) is 7.79. The van der Waals surface area contributed by atoms with Crippen LogP contribution in [0.3, 0.4) is 0 Å². The van der Waals surface area contributed by atoms with E-state index in [1.54, 1.807) is 37.4 Å². The molecule has 0 radical (unpaired) electrons. The quantitative estimate of drug-likeness (QED) is 0.513. The molecule has 0 aromatic carbocycles. The first-order valence-corrected chi connectivity index (χ1v) is 10.7. The van der Waals surface area contributed by atoms with E-state index >= 15 is 0 Å². The van der Waals surface area contributed by atoms with Gasteiger partial charge in [-0.15, -0.1) is 7.92 Å². The SMILES string of the molecule is C1=CC(CCP(C2CCCCC2)C2CCCCC2)=CC1. The maximum atomic E-state index is 2.45. The minimum absolute atomic E-state index is 0.312. The molecule has 0 unspecified atom stereocenters. The molecule has 0 atom stereocenters. The normalized spacial score (nSPS) is 25.4. The summed E-state index contributed by atoms with van der Waals surface area (Å²) in [6.07, 6.45) is 26.7. The van der Waals surface area contributed by atoms with Crippen molar-refractivity contribution in [3.05, 3.63) is 23.8 Å². The van der Waals surface area contributed by atoms with Crippen molar-refractivity contribution in [3.63, 3.8) is 0 Å². The summed E-state index contributed by atoms with van der Waals surface area (Å²) in [6, 6.07) is 0. The molecule has 0 aliphatic heterocycles. The molecule has 112 valence electrons. The van der Waals surface area contributed by atoms with Crippen LogP contribution in [-0.2, 0) is 0 Å². The average molecular weight is 290 g/mol. The first kappa shape index (κ1) is 14.8. The number of allylic oxidation sites excluding steroid dienone is 4. The van der Waals surface area contributed by atoms with Gasteiger partial charge in [0.1, 0.15) is 0 Å². The lowest BCUT2D eigenvalue weighted by Gasteiger charge is -2.38. The van der Waals surface area contributed by atoms with Crippen LogP contribution in [0.25, 0.3) is 0 Å². The Balaban J connectivity index is 1.60. The third-order valence-corrected chi connectivity index (χ3v) is 9.24. The van der Waals surface area contributed by atoms with Crippen molar-refractivity contribution in [1.82, 2.24) is 0 Å². The lowest BCUT2D eigenvalue weighted by Crippen LogP contribution is -2.22. The van der Waals surface area contributed by atoms with Crippen molar-refractivity contribution in [1.29, 1.82) is 0 Å². The highest BCUT2D eigenvalue weighted by atomic mass is 31.1. The van der Waals surface area contributed by atoms with E-state index in [0.717, 1.165) is 11.3 Å². The molecule has 0 bridgehead atoms. The molecular formula is C19H31P. The van der Waals surface area contributed by atoms with Gasteiger partial charge < -0.3 is 0 Å². The third-order valence-electron chi connectivity index (χ3n) is 5.59. The van der Waals surface area contributed by atoms with E-state index in [1.807, 2.05) is 0 Å². The molecule has 0 amide bonds. The molecule has 2 fully saturated rings. The van der Waals surface area contributed by atoms with E-state index in [2.05, 4.69) is 18.2 Å². The first-order valence-electron chi connectivity index (χ1n) is 9.05. The van der Waals surface area contributed by atoms with Crippen LogP contribution in [0.5, 0.6) is 0 Å². The minimum atomic E-state index is 0.312. The zero-order valence-corrected chi connectivity index (χ0v) is 13.9. The van der Waals surface area contributed by atoms with Crippen LogP contribution < -0.4 is 0 Å². The van der Waals surface area contributed by atoms with Gasteiger partial charge in [-0.05, 0) is 56.0 Å². The lowest BCUT2D eigenvalue weighted by atomic mass is 9.99. The van der Waals surface area contributed by atoms with Crippen molar-refractivity contribution in [3.8, 4) is 0 Å². The van der Waals surface area contributed by atoms with Gasteiger partial charge in [-0.3, -0.25) is 0 Å². The Hall–Kier alpha value is -0.0900. The van der Waals surface area contributed by atoms with Gasteiger partial charge in [0.2, 0.25) is 0 Å². The van der Waals surface area contributed by atoms with Gasteiger partial charge in [0.15, 0.2) is 0 Å². The van der Waals surface area contributed by atoms with E-state index in [0.29, 0.717) is 7.92 Å². The van der Waals surface area contributed by atoms with Gasteiger partial charge in [0.05, 0.1) is 0 Å². The lowest BCUT2D eigenvalue weighted by molar-refractivity contribution is 0.484. The summed E-state index contributed by atoms with van der Waals surface area (Å²) >= 11 is 0. The highest BCUT2D eigenvalue weighted by Crippen LogP contribution is 2.56. The summed E-state index contributed by atoms with van der Waals surface area (Å²) in [5.41, 5.74) is 3.91. The summed E-state index contributed by atoms with van der Waals surface area (Å²) in [5, 5.41) is 0. The topological polar surface area (TPSA) is 0 Å². The summed E-state index contributed by atoms with van der Waals surface area (Å²) < 4.78 is 0. The summed E-state index contributed by atoms with van der Waals surface area (Å²) in [5.74, 6) is 0. The second-order valence-corrected chi connectivity index (χ2v) is 9.92. The fourth-order valence-corrected chi connectivity index (χ4v) is 8.34. The monoisotopic (exact) mass is 290 g/mol. The Morgan fingerprint density at radius 1 is 0.850 bits per heavy atom. The summed E-state index contributed by atoms with van der Waals surface area (Å²) in [4.78, 5) is 0. The average Bonchev–Trinajstić information content (AvgIpc) is 3.03. The highest BCUT2D eigenvalue weighted by molar-refractivity contribution is 7.59. The first-order chi connectivity index (χ1) is 9.93. The van der Waals surface area contributed by atoms with E-state index in [4.69, 9.17) is 0 Å². The molecule has 3 rings (SSSR count). The summed E-state index contributed by atoms with van der Waals surface area (Å²) in [7, 11) is 0.312. The Morgan fingerprint density at radius 2 is 1.45 bits per heavy atom. The third kappa shape index (κ3) is 3.97. The zero-order valence-electron chi connectivity index (χ0n) is 13.0. The molecular weight excluding hydrogens is 259 g/mol. The largest absolute Gasteiger partial charge is 0.100 e. The van der Waals surface area contributed by atoms with E-state index in [-0.39, 0.29) is 0 Å². The van der Waals surface area contributed by atoms with E-state index in [9.17, 15) is 0 Å². The molecule has 0 heterocycles. The Kier molecular flexibility index (Phi) is 5.77. The Bertz CT molecular complexity index is 325. The molecule has 20 heavy (non-hydrogen) atoms. The van der Waals surface area contributed by atoms with Gasteiger partial charge in [-0.2, -0.15) is 0 Å². The van der Waals surface area contributed by atoms with Gasteiger partial charge in [-0.1, -0.05) is 62.3 Å². The van der Waals surface area contributed by atoms with Crippen molar-refractivity contribution < 1.29 is 0 Å². The van der Waals surface area contributed by atoms with Gasteiger partial charge in [0, 0.05) is 0 Å². The van der Waals surface area contributed by atoms with Crippen LogP contribution >= 0.6 is 7.92 Å². The van der Waals surface area contributed by atoms with Crippen LogP contribution in [-0.4, -0.2) is 17.5 Å². The van der Waals surface area contributed by atoms with E-state index < -0.39 is 0 Å². The molecule has 0 aromatic rings. The van der Waals surface area contributed by atoms with Crippen LogP contribution in [0.1, 0.15) is 77.0 Å². The van der Waals surface area contributed by atoms with Crippen LogP contribution in [0, 0.1) is 0 Å². The zero-order chi connectivity index (χ0) is 13.6.